The molecule has 33 heavy (non-hydrogen) atoms. The third-order valence-electron chi connectivity index (χ3n) is 5.98. The molecule has 0 bridgehead atoms. The summed E-state index contributed by atoms with van der Waals surface area (Å²) in [7, 11) is 0. The molecular formula is C25H34ClN5O2. The summed E-state index contributed by atoms with van der Waals surface area (Å²) in [6.45, 7) is 11.3. The molecule has 0 saturated carbocycles. The third kappa shape index (κ3) is 6.85. The van der Waals surface area contributed by atoms with E-state index in [4.69, 9.17) is 11.6 Å². The van der Waals surface area contributed by atoms with Gasteiger partial charge in [-0.25, -0.2) is 4.79 Å². The minimum atomic E-state index is -0.392. The highest BCUT2D eigenvalue weighted by Crippen LogP contribution is 2.28. The molecule has 1 saturated heterocycles. The van der Waals surface area contributed by atoms with Crippen LogP contribution in [0.1, 0.15) is 42.6 Å². The summed E-state index contributed by atoms with van der Waals surface area (Å²) in [6, 6.07) is 10.5. The number of nitrogens with zero attached hydrogens (tertiary/aromatic N) is 2. The van der Waals surface area contributed by atoms with E-state index in [0.29, 0.717) is 28.5 Å². The van der Waals surface area contributed by atoms with E-state index in [1.807, 2.05) is 25.1 Å². The van der Waals surface area contributed by atoms with Crippen LogP contribution in [0, 0.1) is 6.92 Å². The van der Waals surface area contributed by atoms with Crippen molar-refractivity contribution in [2.45, 2.75) is 33.6 Å². The van der Waals surface area contributed by atoms with Crippen molar-refractivity contribution in [2.24, 2.45) is 0 Å². The molecule has 1 aliphatic rings. The van der Waals surface area contributed by atoms with E-state index in [1.165, 1.54) is 0 Å². The number of rotatable bonds is 9. The first-order chi connectivity index (χ1) is 15.9. The Morgan fingerprint density at radius 3 is 2.27 bits per heavy atom. The van der Waals surface area contributed by atoms with E-state index in [1.54, 1.807) is 18.2 Å². The first-order valence-corrected chi connectivity index (χ1v) is 12.0. The van der Waals surface area contributed by atoms with Gasteiger partial charge in [0.1, 0.15) is 0 Å². The Bertz CT molecular complexity index is 971. The molecule has 3 amide bonds. The maximum atomic E-state index is 13.1. The molecule has 7 nitrogen and oxygen atoms in total. The molecule has 2 aromatic rings. The number of likely N-dealkylation sites (N-methyl/N-ethyl adjacent to an activating group) is 1. The molecule has 0 unspecified atom stereocenters. The second-order valence-electron chi connectivity index (χ2n) is 8.25. The summed E-state index contributed by atoms with van der Waals surface area (Å²) in [5, 5.41) is 9.25. The average molecular weight is 472 g/mol. The van der Waals surface area contributed by atoms with E-state index < -0.39 is 6.03 Å². The monoisotopic (exact) mass is 471 g/mol. The van der Waals surface area contributed by atoms with Gasteiger partial charge < -0.3 is 25.8 Å². The van der Waals surface area contributed by atoms with E-state index in [9.17, 15) is 9.59 Å². The average Bonchev–Trinajstić information content (AvgIpc) is 3.34. The molecule has 3 rings (SSSR count). The number of aryl methyl sites for hydroxylation is 1. The summed E-state index contributed by atoms with van der Waals surface area (Å²) < 4.78 is 0. The Morgan fingerprint density at radius 1 is 1.00 bits per heavy atom. The van der Waals surface area contributed by atoms with Crippen LogP contribution in [-0.4, -0.2) is 56.1 Å². The van der Waals surface area contributed by atoms with Crippen molar-refractivity contribution in [1.29, 1.82) is 0 Å². The SMILES string of the molecule is CCN(CC)CCNC(=O)c1cc(NC(=O)Nc2ccc(C)c(Cl)c2)ccc1N1CCCC1. The third-order valence-corrected chi connectivity index (χ3v) is 6.39. The summed E-state index contributed by atoms with van der Waals surface area (Å²) in [5.74, 6) is -0.126. The Labute approximate surface area is 201 Å². The minimum Gasteiger partial charge on any atom is -0.371 e. The summed E-state index contributed by atoms with van der Waals surface area (Å²) in [6.07, 6.45) is 2.23. The maximum Gasteiger partial charge on any atom is 0.323 e. The lowest BCUT2D eigenvalue weighted by molar-refractivity contribution is 0.0949. The fourth-order valence-electron chi connectivity index (χ4n) is 3.96. The molecular weight excluding hydrogens is 438 g/mol. The number of anilines is 3. The van der Waals surface area contributed by atoms with Crippen LogP contribution in [0.15, 0.2) is 36.4 Å². The lowest BCUT2D eigenvalue weighted by Gasteiger charge is -2.23. The van der Waals surface area contributed by atoms with Gasteiger partial charge in [0.2, 0.25) is 0 Å². The zero-order valence-electron chi connectivity index (χ0n) is 19.7. The standard InChI is InChI=1S/C25H34ClN5O2/c1-4-30(5-2)15-12-27-24(32)21-16-19(10-11-23(21)31-13-6-7-14-31)28-25(33)29-20-9-8-18(3)22(26)17-20/h8-11,16-17H,4-7,12-15H2,1-3H3,(H,27,32)(H2,28,29,33). The fraction of sp³-hybridized carbons (Fsp3) is 0.440. The molecule has 8 heteroatoms. The molecule has 1 aliphatic heterocycles. The lowest BCUT2D eigenvalue weighted by Crippen LogP contribution is -2.35. The number of hydrogen-bond acceptors (Lipinski definition) is 4. The minimum absolute atomic E-state index is 0.126. The molecule has 3 N–H and O–H groups in total. The Morgan fingerprint density at radius 2 is 1.64 bits per heavy atom. The molecule has 1 heterocycles. The van der Waals surface area contributed by atoms with Gasteiger partial charge in [0.25, 0.3) is 5.91 Å². The smallest absolute Gasteiger partial charge is 0.323 e. The van der Waals surface area contributed by atoms with Crippen LogP contribution in [0.25, 0.3) is 0 Å². The van der Waals surface area contributed by atoms with Gasteiger partial charge in [0, 0.05) is 48.3 Å². The van der Waals surface area contributed by atoms with Crippen molar-refractivity contribution in [3.8, 4) is 0 Å². The first-order valence-electron chi connectivity index (χ1n) is 11.6. The largest absolute Gasteiger partial charge is 0.371 e. The van der Waals surface area contributed by atoms with Crippen LogP contribution in [-0.2, 0) is 0 Å². The maximum absolute atomic E-state index is 13.1. The summed E-state index contributed by atoms with van der Waals surface area (Å²) >= 11 is 6.15. The van der Waals surface area contributed by atoms with Crippen LogP contribution in [0.2, 0.25) is 5.02 Å². The fourth-order valence-corrected chi connectivity index (χ4v) is 4.14. The number of nitrogens with one attached hydrogen (secondary N) is 3. The number of carbonyl (C=O) groups excluding carboxylic acids is 2. The van der Waals surface area contributed by atoms with Crippen molar-refractivity contribution in [1.82, 2.24) is 10.2 Å². The van der Waals surface area contributed by atoms with E-state index in [-0.39, 0.29) is 5.91 Å². The second kappa shape index (κ2) is 11.9. The topological polar surface area (TPSA) is 76.7 Å². The number of hydrogen-bond donors (Lipinski definition) is 3. The quantitative estimate of drug-likeness (QED) is 0.483. The lowest BCUT2D eigenvalue weighted by atomic mass is 10.1. The number of benzene rings is 2. The van der Waals surface area contributed by atoms with Crippen molar-refractivity contribution < 1.29 is 9.59 Å². The Balaban J connectivity index is 1.72. The number of halogens is 1. The van der Waals surface area contributed by atoms with Gasteiger partial charge in [-0.15, -0.1) is 0 Å². The Hall–Kier alpha value is -2.77. The normalized spacial score (nSPS) is 13.3. The van der Waals surface area contributed by atoms with Gasteiger partial charge in [-0.2, -0.15) is 0 Å². The summed E-state index contributed by atoms with van der Waals surface area (Å²) in [4.78, 5) is 30.1. The van der Waals surface area contributed by atoms with E-state index >= 15 is 0 Å². The van der Waals surface area contributed by atoms with Crippen molar-refractivity contribution >= 4 is 40.6 Å². The van der Waals surface area contributed by atoms with Crippen LogP contribution in [0.4, 0.5) is 21.9 Å². The van der Waals surface area contributed by atoms with Gasteiger partial charge in [-0.3, -0.25) is 4.79 Å². The van der Waals surface area contributed by atoms with Gasteiger partial charge in [-0.1, -0.05) is 31.5 Å². The molecule has 178 valence electrons. The highest BCUT2D eigenvalue weighted by molar-refractivity contribution is 6.31. The van der Waals surface area contributed by atoms with Gasteiger partial charge in [-0.05, 0) is 68.8 Å². The molecule has 0 radical (unpaired) electrons. The zero-order chi connectivity index (χ0) is 23.8. The molecule has 0 aromatic heterocycles. The Kier molecular flexibility index (Phi) is 8.97. The van der Waals surface area contributed by atoms with Gasteiger partial charge >= 0.3 is 6.03 Å². The predicted molar refractivity (Wildman–Crippen MR) is 137 cm³/mol. The van der Waals surface area contributed by atoms with Crippen LogP contribution >= 0.6 is 11.6 Å². The van der Waals surface area contributed by atoms with Crippen molar-refractivity contribution in [2.75, 3.05) is 54.8 Å². The molecule has 2 aromatic carbocycles. The van der Waals surface area contributed by atoms with Crippen molar-refractivity contribution in [3.63, 3.8) is 0 Å². The summed E-state index contributed by atoms with van der Waals surface area (Å²) in [5.41, 5.74) is 3.59. The first kappa shape index (κ1) is 24.9. The molecule has 0 atom stereocenters. The molecule has 0 aliphatic carbocycles. The number of amides is 3. The van der Waals surface area contributed by atoms with Gasteiger partial charge in [0.05, 0.1) is 5.56 Å². The van der Waals surface area contributed by atoms with Crippen LogP contribution in [0.5, 0.6) is 0 Å². The zero-order valence-corrected chi connectivity index (χ0v) is 20.5. The second-order valence-corrected chi connectivity index (χ2v) is 8.66. The highest BCUT2D eigenvalue weighted by Gasteiger charge is 2.20. The van der Waals surface area contributed by atoms with E-state index in [0.717, 1.165) is 56.8 Å². The van der Waals surface area contributed by atoms with Gasteiger partial charge in [0.15, 0.2) is 0 Å². The van der Waals surface area contributed by atoms with E-state index in [2.05, 4.69) is 39.6 Å². The highest BCUT2D eigenvalue weighted by atomic mass is 35.5. The predicted octanol–water partition coefficient (Wildman–Crippen LogP) is 4.96. The van der Waals surface area contributed by atoms with Crippen molar-refractivity contribution in [3.05, 3.63) is 52.5 Å². The van der Waals surface area contributed by atoms with Crippen LogP contribution in [0.3, 0.4) is 0 Å². The number of urea groups is 1. The van der Waals surface area contributed by atoms with Crippen LogP contribution < -0.4 is 20.9 Å². The number of carbonyl (C=O) groups is 2. The molecule has 0 spiro atoms. The molecule has 1 fully saturated rings.